The van der Waals surface area contributed by atoms with Gasteiger partial charge in [0, 0.05) is 4.92 Å². The fraction of sp³-hybridized carbons (Fsp3) is 0.500. The van der Waals surface area contributed by atoms with Crippen LogP contribution in [0.1, 0.15) is 6.42 Å². The lowest BCUT2D eigenvalue weighted by molar-refractivity contribution is -0.517. The normalized spacial score (nSPS) is 13.6. The molecule has 0 saturated heterocycles. The van der Waals surface area contributed by atoms with E-state index in [9.17, 15) is 19.7 Å². The predicted molar refractivity (Wildman–Crippen MR) is 56.9 cm³/mol. The van der Waals surface area contributed by atoms with Gasteiger partial charge in [0.25, 0.3) is 0 Å². The third kappa shape index (κ3) is 4.80. The summed E-state index contributed by atoms with van der Waals surface area (Å²) in [6.45, 7) is 3.38. The van der Waals surface area contributed by atoms with Crippen LogP contribution < -0.4 is 0 Å². The number of carbonyl (C=O) groups excluding carboxylic acids is 2. The molecular weight excluding hydrogens is 230 g/mol. The number of nitro groups is 1. The van der Waals surface area contributed by atoms with E-state index in [1.165, 1.54) is 12.8 Å². The fourth-order valence-corrected chi connectivity index (χ4v) is 1.27. The Bertz CT molecular complexity index is 291. The van der Waals surface area contributed by atoms with Gasteiger partial charge in [0.1, 0.15) is 0 Å². The van der Waals surface area contributed by atoms with Crippen molar-refractivity contribution in [2.75, 3.05) is 14.2 Å². The Morgan fingerprint density at radius 3 is 2.35 bits per heavy atom. The summed E-state index contributed by atoms with van der Waals surface area (Å²) in [4.78, 5) is 32.3. The van der Waals surface area contributed by atoms with E-state index in [2.05, 4.69) is 16.4 Å². The first kappa shape index (κ1) is 15.3. The molecule has 0 aromatic heterocycles. The molecule has 2 atom stereocenters. The van der Waals surface area contributed by atoms with Crippen LogP contribution in [0.4, 0.5) is 0 Å². The van der Waals surface area contributed by atoms with Crippen LogP contribution in [0.2, 0.25) is 0 Å². The summed E-state index contributed by atoms with van der Waals surface area (Å²) in [5, 5.41) is 10.8. The van der Waals surface area contributed by atoms with E-state index < -0.39 is 28.8 Å². The number of esters is 2. The van der Waals surface area contributed by atoms with Crippen molar-refractivity contribution in [2.24, 2.45) is 5.92 Å². The number of hydrogen-bond donors (Lipinski definition) is 0. The van der Waals surface area contributed by atoms with Crippen molar-refractivity contribution >= 4 is 11.9 Å². The van der Waals surface area contributed by atoms with Crippen LogP contribution in [0, 0.1) is 35.8 Å². The number of carbonyl (C=O) groups is 2. The molecule has 0 aliphatic rings. The molecule has 0 unspecified atom stereocenters. The highest BCUT2D eigenvalue weighted by Crippen LogP contribution is 2.18. The standard InChI is InChI=1S/C10H14NO6/c1-4-5-7(6-8(12)16-2)9(11(14)15)10(13)17-3/h4-5,7,9H,1,6H2,2-3H3/t7-,9+/m1/s1. The van der Waals surface area contributed by atoms with Crippen LogP contribution in [0.3, 0.4) is 0 Å². The Kier molecular flexibility index (Phi) is 6.85. The maximum Gasteiger partial charge on any atom is 0.381 e. The van der Waals surface area contributed by atoms with Gasteiger partial charge in [0.05, 0.1) is 26.6 Å². The van der Waals surface area contributed by atoms with Gasteiger partial charge >= 0.3 is 18.0 Å². The quantitative estimate of drug-likeness (QED) is 0.361. The summed E-state index contributed by atoms with van der Waals surface area (Å²) in [5.74, 6) is -2.60. The van der Waals surface area contributed by atoms with E-state index in [4.69, 9.17) is 0 Å². The molecule has 0 N–H and O–H groups in total. The van der Waals surface area contributed by atoms with E-state index in [-0.39, 0.29) is 6.42 Å². The van der Waals surface area contributed by atoms with Gasteiger partial charge in [-0.05, 0) is 19.8 Å². The van der Waals surface area contributed by atoms with Crippen molar-refractivity contribution in [3.63, 3.8) is 0 Å². The molecule has 0 rings (SSSR count). The molecule has 17 heavy (non-hydrogen) atoms. The zero-order valence-electron chi connectivity index (χ0n) is 9.62. The number of methoxy groups -OCH3 is 2. The van der Waals surface area contributed by atoms with Crippen molar-refractivity contribution < 1.29 is 24.0 Å². The minimum atomic E-state index is -1.64. The smallest absolute Gasteiger partial charge is 0.381 e. The van der Waals surface area contributed by atoms with Gasteiger partial charge in [-0.1, -0.05) is 0 Å². The molecule has 0 aromatic carbocycles. The zero-order chi connectivity index (χ0) is 13.4. The monoisotopic (exact) mass is 244 g/mol. The molecule has 0 bridgehead atoms. The molecule has 7 heteroatoms. The average molecular weight is 244 g/mol. The lowest BCUT2D eigenvalue weighted by Crippen LogP contribution is -2.39. The first-order chi connectivity index (χ1) is 7.97. The second-order valence-electron chi connectivity index (χ2n) is 3.13. The highest BCUT2D eigenvalue weighted by atomic mass is 16.6. The van der Waals surface area contributed by atoms with Crippen LogP contribution in [-0.4, -0.2) is 37.1 Å². The van der Waals surface area contributed by atoms with E-state index >= 15 is 0 Å². The maximum absolute atomic E-state index is 11.3. The van der Waals surface area contributed by atoms with Gasteiger partial charge in [0.2, 0.25) is 0 Å². The van der Waals surface area contributed by atoms with Gasteiger partial charge < -0.3 is 9.47 Å². The highest BCUT2D eigenvalue weighted by Gasteiger charge is 2.40. The molecule has 7 nitrogen and oxygen atoms in total. The summed E-state index contributed by atoms with van der Waals surface area (Å²) >= 11 is 0. The van der Waals surface area contributed by atoms with E-state index in [0.717, 1.165) is 14.2 Å². The van der Waals surface area contributed by atoms with Crippen molar-refractivity contribution in [3.8, 4) is 0 Å². The van der Waals surface area contributed by atoms with Crippen molar-refractivity contribution in [2.45, 2.75) is 12.5 Å². The average Bonchev–Trinajstić information content (AvgIpc) is 2.28. The van der Waals surface area contributed by atoms with Gasteiger partial charge in [-0.2, -0.15) is 0 Å². The largest absolute Gasteiger partial charge is 0.469 e. The Labute approximate surface area is 99.2 Å². The number of rotatable bonds is 7. The first-order valence-corrected chi connectivity index (χ1v) is 4.72. The SMILES string of the molecule is [CH2][CH][CH][C@H](CC(=O)OC)[C@@H](C(=O)OC)[N+](=O)[O-]. The van der Waals surface area contributed by atoms with Crippen LogP contribution in [0.25, 0.3) is 0 Å². The molecule has 0 aromatic rings. The number of nitrogens with zero attached hydrogens (tertiary/aromatic N) is 1. The third-order valence-corrected chi connectivity index (χ3v) is 2.09. The molecule has 95 valence electrons. The van der Waals surface area contributed by atoms with Crippen molar-refractivity contribution in [1.29, 1.82) is 0 Å². The highest BCUT2D eigenvalue weighted by molar-refractivity contribution is 5.77. The third-order valence-electron chi connectivity index (χ3n) is 2.09. The van der Waals surface area contributed by atoms with E-state index in [1.54, 1.807) is 0 Å². The molecule has 0 amide bonds. The molecule has 0 spiro atoms. The summed E-state index contributed by atoms with van der Waals surface area (Å²) in [7, 11) is 2.20. The molecular formula is C10H14NO6. The minimum Gasteiger partial charge on any atom is -0.469 e. The summed E-state index contributed by atoms with van der Waals surface area (Å²) in [5.41, 5.74) is 0. The van der Waals surface area contributed by atoms with Gasteiger partial charge in [-0.15, -0.1) is 0 Å². The lowest BCUT2D eigenvalue weighted by Gasteiger charge is -2.17. The molecule has 0 aliphatic heterocycles. The fourth-order valence-electron chi connectivity index (χ4n) is 1.27. The van der Waals surface area contributed by atoms with Crippen molar-refractivity contribution in [1.82, 2.24) is 0 Å². The van der Waals surface area contributed by atoms with E-state index in [1.807, 2.05) is 0 Å². The maximum atomic E-state index is 11.3. The van der Waals surface area contributed by atoms with Crippen LogP contribution in [-0.2, 0) is 19.1 Å². The Morgan fingerprint density at radius 1 is 1.41 bits per heavy atom. The molecule has 0 fully saturated rings. The summed E-state index contributed by atoms with van der Waals surface area (Å²) < 4.78 is 8.73. The Morgan fingerprint density at radius 2 is 2.00 bits per heavy atom. The molecule has 0 aliphatic carbocycles. The predicted octanol–water partition coefficient (Wildman–Crippen LogP) is 0.227. The lowest BCUT2D eigenvalue weighted by atomic mass is 9.92. The van der Waals surface area contributed by atoms with Gasteiger partial charge in [-0.25, -0.2) is 4.79 Å². The van der Waals surface area contributed by atoms with E-state index in [0.29, 0.717) is 0 Å². The van der Waals surface area contributed by atoms with Crippen molar-refractivity contribution in [3.05, 3.63) is 29.9 Å². The Hall–Kier alpha value is -1.66. The van der Waals surface area contributed by atoms with Gasteiger partial charge in [0.15, 0.2) is 0 Å². The molecule has 0 heterocycles. The number of ether oxygens (including phenoxy) is 2. The summed E-state index contributed by atoms with van der Waals surface area (Å²) in [6.07, 6.45) is 2.30. The molecule has 0 saturated carbocycles. The Balaban J connectivity index is 4.88. The zero-order valence-corrected chi connectivity index (χ0v) is 9.62. The van der Waals surface area contributed by atoms with Crippen LogP contribution >= 0.6 is 0 Å². The molecule has 3 radical (unpaired) electrons. The van der Waals surface area contributed by atoms with Crippen LogP contribution in [0.15, 0.2) is 0 Å². The minimum absolute atomic E-state index is 0.288. The second-order valence-corrected chi connectivity index (χ2v) is 3.13. The first-order valence-electron chi connectivity index (χ1n) is 4.72. The second kappa shape index (κ2) is 7.59. The van der Waals surface area contributed by atoms with Gasteiger partial charge in [-0.3, -0.25) is 14.9 Å². The topological polar surface area (TPSA) is 95.7 Å². The van der Waals surface area contributed by atoms with Crippen LogP contribution in [0.5, 0.6) is 0 Å². The summed E-state index contributed by atoms with van der Waals surface area (Å²) in [6, 6.07) is -1.64. The number of hydrogen-bond acceptors (Lipinski definition) is 6.